The number of fused-ring (bicyclic) bond motifs is 1. The predicted octanol–water partition coefficient (Wildman–Crippen LogP) is 0.441. The molecule has 1 saturated heterocycles. The molecule has 0 N–H and O–H groups in total. The van der Waals surface area contributed by atoms with E-state index in [9.17, 15) is 4.79 Å². The third kappa shape index (κ3) is 2.17. The fourth-order valence-electron chi connectivity index (χ4n) is 2.55. The molecule has 8 nitrogen and oxygen atoms in total. The minimum atomic E-state index is -0.291. The molecule has 0 aliphatic carbocycles. The molecule has 0 amide bonds. The summed E-state index contributed by atoms with van der Waals surface area (Å²) in [7, 11) is 0. The van der Waals surface area contributed by atoms with Crippen LogP contribution in [-0.2, 0) is 9.53 Å². The van der Waals surface area contributed by atoms with Crippen molar-refractivity contribution in [2.45, 2.75) is 32.2 Å². The van der Waals surface area contributed by atoms with Gasteiger partial charge in [0, 0.05) is 6.54 Å². The van der Waals surface area contributed by atoms with Gasteiger partial charge >= 0.3 is 5.97 Å². The van der Waals surface area contributed by atoms with Crippen molar-refractivity contribution in [3.8, 4) is 0 Å². The van der Waals surface area contributed by atoms with E-state index in [1.165, 1.54) is 0 Å². The summed E-state index contributed by atoms with van der Waals surface area (Å²) in [5.41, 5.74) is 0.565. The minimum absolute atomic E-state index is 0.197. The first-order valence-corrected chi connectivity index (χ1v) is 6.76. The zero-order valence-electron chi connectivity index (χ0n) is 11.3. The van der Waals surface area contributed by atoms with E-state index in [4.69, 9.17) is 4.74 Å². The molecule has 20 heavy (non-hydrogen) atoms. The lowest BCUT2D eigenvalue weighted by Crippen LogP contribution is -2.46. The molecule has 2 aromatic rings. The summed E-state index contributed by atoms with van der Waals surface area (Å²) in [5, 5.41) is 11.5. The Morgan fingerprint density at radius 3 is 3.20 bits per heavy atom. The number of esters is 1. The van der Waals surface area contributed by atoms with Gasteiger partial charge in [0.05, 0.1) is 19.0 Å². The highest BCUT2D eigenvalue weighted by molar-refractivity contribution is 5.80. The van der Waals surface area contributed by atoms with Crippen molar-refractivity contribution in [1.82, 2.24) is 25.0 Å². The van der Waals surface area contributed by atoms with Crippen LogP contribution in [0.1, 0.15) is 26.2 Å². The molecular formula is C12H16N6O2. The summed E-state index contributed by atoms with van der Waals surface area (Å²) >= 11 is 0. The first-order valence-electron chi connectivity index (χ1n) is 6.76. The number of hydrogen-bond donors (Lipinski definition) is 0. The van der Waals surface area contributed by atoms with Crippen molar-refractivity contribution < 1.29 is 9.53 Å². The van der Waals surface area contributed by atoms with Crippen LogP contribution in [0.25, 0.3) is 5.65 Å². The van der Waals surface area contributed by atoms with Crippen LogP contribution < -0.4 is 4.90 Å². The smallest absolute Gasteiger partial charge is 0.328 e. The summed E-state index contributed by atoms with van der Waals surface area (Å²) < 4.78 is 6.77. The van der Waals surface area contributed by atoms with Gasteiger partial charge in [-0.05, 0) is 36.6 Å². The Bertz CT molecular complexity index is 613. The van der Waals surface area contributed by atoms with Crippen LogP contribution in [0, 0.1) is 0 Å². The Labute approximate surface area is 115 Å². The molecule has 0 saturated carbocycles. The molecule has 1 unspecified atom stereocenters. The lowest BCUT2D eigenvalue weighted by molar-refractivity contribution is -0.145. The molecule has 0 spiro atoms. The zero-order chi connectivity index (χ0) is 13.9. The molecule has 3 rings (SSSR count). The maximum absolute atomic E-state index is 12.1. The molecule has 1 atom stereocenters. The summed E-state index contributed by atoms with van der Waals surface area (Å²) in [6.07, 6.45) is 6.08. The number of tetrazole rings is 1. The van der Waals surface area contributed by atoms with E-state index in [1.807, 2.05) is 11.8 Å². The number of ether oxygens (including phenoxy) is 1. The van der Waals surface area contributed by atoms with Gasteiger partial charge < -0.3 is 9.64 Å². The van der Waals surface area contributed by atoms with Gasteiger partial charge in [0.15, 0.2) is 11.5 Å². The quantitative estimate of drug-likeness (QED) is 0.752. The highest BCUT2D eigenvalue weighted by atomic mass is 16.5. The fraction of sp³-hybridized carbons (Fsp3) is 0.583. The topological polar surface area (TPSA) is 85.5 Å². The van der Waals surface area contributed by atoms with Crippen molar-refractivity contribution in [3.05, 3.63) is 12.4 Å². The lowest BCUT2D eigenvalue weighted by atomic mass is 10.0. The maximum Gasteiger partial charge on any atom is 0.328 e. The van der Waals surface area contributed by atoms with Gasteiger partial charge in [0.1, 0.15) is 6.04 Å². The fourth-order valence-corrected chi connectivity index (χ4v) is 2.55. The van der Waals surface area contributed by atoms with Crippen molar-refractivity contribution in [1.29, 1.82) is 0 Å². The van der Waals surface area contributed by atoms with Crippen molar-refractivity contribution in [2.24, 2.45) is 0 Å². The molecule has 2 aromatic heterocycles. The normalized spacial score (nSPS) is 19.2. The Morgan fingerprint density at radius 1 is 1.45 bits per heavy atom. The minimum Gasteiger partial charge on any atom is -0.464 e. The average molecular weight is 276 g/mol. The molecular weight excluding hydrogens is 260 g/mol. The van der Waals surface area contributed by atoms with E-state index in [2.05, 4.69) is 20.5 Å². The van der Waals surface area contributed by atoms with Crippen LogP contribution in [0.3, 0.4) is 0 Å². The number of piperidine rings is 1. The number of aromatic nitrogens is 5. The molecule has 106 valence electrons. The van der Waals surface area contributed by atoms with Crippen LogP contribution in [-0.4, -0.2) is 50.2 Å². The molecule has 0 aromatic carbocycles. The second kappa shape index (κ2) is 5.40. The van der Waals surface area contributed by atoms with Crippen LogP contribution in [0.4, 0.5) is 5.82 Å². The molecule has 0 bridgehead atoms. The van der Waals surface area contributed by atoms with Crippen LogP contribution in [0.2, 0.25) is 0 Å². The van der Waals surface area contributed by atoms with E-state index in [0.717, 1.165) is 31.6 Å². The standard InChI is InChI=1S/C12H16N6O2/c1-2-20-12(19)9-5-3-4-6-17(9)11-8-13-7-10-14-15-16-18(10)11/h7-9H,2-6H2,1H3. The maximum atomic E-state index is 12.1. The van der Waals surface area contributed by atoms with Crippen molar-refractivity contribution >= 4 is 17.4 Å². The Hall–Kier alpha value is -2.25. The van der Waals surface area contributed by atoms with Gasteiger partial charge in [-0.15, -0.1) is 5.10 Å². The van der Waals surface area contributed by atoms with Gasteiger partial charge in [0.25, 0.3) is 0 Å². The first kappa shape index (κ1) is 12.8. The summed E-state index contributed by atoms with van der Waals surface area (Å²) in [6, 6.07) is -0.291. The van der Waals surface area contributed by atoms with Gasteiger partial charge in [-0.25, -0.2) is 4.79 Å². The Balaban J connectivity index is 1.97. The summed E-state index contributed by atoms with van der Waals surface area (Å²) in [5.74, 6) is 0.530. The van der Waals surface area contributed by atoms with Gasteiger partial charge in [-0.2, -0.15) is 4.52 Å². The van der Waals surface area contributed by atoms with E-state index >= 15 is 0 Å². The molecule has 0 radical (unpaired) electrons. The SMILES string of the molecule is CCOC(=O)C1CCCCN1c1cncc2nnnn12. The van der Waals surface area contributed by atoms with Crippen molar-refractivity contribution in [3.63, 3.8) is 0 Å². The van der Waals surface area contributed by atoms with E-state index in [-0.39, 0.29) is 12.0 Å². The summed E-state index contributed by atoms with van der Waals surface area (Å²) in [6.45, 7) is 2.97. The predicted molar refractivity (Wildman–Crippen MR) is 70.2 cm³/mol. The molecule has 1 aliphatic rings. The monoisotopic (exact) mass is 276 g/mol. The number of carbonyl (C=O) groups excluding carboxylic acids is 1. The molecule has 1 fully saturated rings. The summed E-state index contributed by atoms with van der Waals surface area (Å²) in [4.78, 5) is 18.2. The largest absolute Gasteiger partial charge is 0.464 e. The third-order valence-electron chi connectivity index (χ3n) is 3.45. The highest BCUT2D eigenvalue weighted by Crippen LogP contribution is 2.24. The van der Waals surface area contributed by atoms with E-state index in [1.54, 1.807) is 16.9 Å². The second-order valence-corrected chi connectivity index (χ2v) is 4.67. The number of carbonyl (C=O) groups is 1. The van der Waals surface area contributed by atoms with Gasteiger partial charge in [0.2, 0.25) is 0 Å². The molecule has 1 aliphatic heterocycles. The third-order valence-corrected chi connectivity index (χ3v) is 3.45. The average Bonchev–Trinajstić information content (AvgIpc) is 2.96. The zero-order valence-corrected chi connectivity index (χ0v) is 11.3. The van der Waals surface area contributed by atoms with E-state index in [0.29, 0.717) is 12.3 Å². The van der Waals surface area contributed by atoms with Crippen LogP contribution >= 0.6 is 0 Å². The lowest BCUT2D eigenvalue weighted by Gasteiger charge is -2.35. The number of rotatable bonds is 3. The first-order chi connectivity index (χ1) is 9.81. The number of hydrogen-bond acceptors (Lipinski definition) is 7. The van der Waals surface area contributed by atoms with Crippen molar-refractivity contribution in [2.75, 3.05) is 18.1 Å². The highest BCUT2D eigenvalue weighted by Gasteiger charge is 2.31. The van der Waals surface area contributed by atoms with Gasteiger partial charge in [-0.1, -0.05) is 0 Å². The number of nitrogens with zero attached hydrogens (tertiary/aromatic N) is 6. The van der Waals surface area contributed by atoms with E-state index < -0.39 is 0 Å². The Morgan fingerprint density at radius 2 is 2.35 bits per heavy atom. The van der Waals surface area contributed by atoms with Crippen LogP contribution in [0.15, 0.2) is 12.4 Å². The number of anilines is 1. The molecule has 8 heteroatoms. The van der Waals surface area contributed by atoms with Gasteiger partial charge in [-0.3, -0.25) is 4.98 Å². The van der Waals surface area contributed by atoms with Crippen LogP contribution in [0.5, 0.6) is 0 Å². The Kier molecular flexibility index (Phi) is 3.44. The molecule has 3 heterocycles. The second-order valence-electron chi connectivity index (χ2n) is 4.67.